The smallest absolute Gasteiger partial charge is 0.179 e. The first-order chi connectivity index (χ1) is 6.43. The molecule has 0 aromatic heterocycles. The minimum absolute atomic E-state index is 0.00731. The second kappa shape index (κ2) is 3.98. The monoisotopic (exact) mass is 213 g/mol. The van der Waals surface area contributed by atoms with Gasteiger partial charge in [-0.15, -0.1) is 0 Å². The quantitative estimate of drug-likeness (QED) is 0.738. The maximum absolute atomic E-state index is 11.5. The molecule has 0 saturated heterocycles. The Hall–Kier alpha value is -1.06. The molecule has 0 aliphatic rings. The molecule has 76 valence electrons. The van der Waals surface area contributed by atoms with Crippen molar-refractivity contribution in [3.05, 3.63) is 28.3 Å². The normalized spacial score (nSPS) is 12.6. The summed E-state index contributed by atoms with van der Waals surface area (Å²) < 4.78 is 0. The van der Waals surface area contributed by atoms with Crippen molar-refractivity contribution >= 4 is 17.4 Å². The van der Waals surface area contributed by atoms with Crippen LogP contribution in [0.15, 0.2) is 12.1 Å². The van der Waals surface area contributed by atoms with E-state index in [1.807, 2.05) is 0 Å². The number of rotatable bonds is 2. The highest BCUT2D eigenvalue weighted by Crippen LogP contribution is 2.28. The lowest BCUT2D eigenvalue weighted by atomic mass is 10.0. The molecular weight excluding hydrogens is 202 g/mol. The summed E-state index contributed by atoms with van der Waals surface area (Å²) in [5.41, 5.74) is 6.45. The number of Topliss-reactive ketones (excluding diaryl/α,β-unsaturated/α-hetero) is 1. The fourth-order valence-electron chi connectivity index (χ4n) is 1.14. The van der Waals surface area contributed by atoms with Gasteiger partial charge < -0.3 is 10.8 Å². The van der Waals surface area contributed by atoms with Gasteiger partial charge in [-0.05, 0) is 31.5 Å². The first kappa shape index (κ1) is 11.0. The van der Waals surface area contributed by atoms with E-state index in [1.54, 1.807) is 19.9 Å². The second-order valence-electron chi connectivity index (χ2n) is 3.28. The number of hydrogen-bond donors (Lipinski definition) is 2. The van der Waals surface area contributed by atoms with Crippen LogP contribution in [-0.2, 0) is 0 Å². The van der Waals surface area contributed by atoms with Crippen molar-refractivity contribution in [1.82, 2.24) is 0 Å². The largest absolute Gasteiger partial charge is 0.506 e. The van der Waals surface area contributed by atoms with Crippen molar-refractivity contribution in [2.75, 3.05) is 0 Å². The minimum Gasteiger partial charge on any atom is -0.506 e. The number of nitrogens with two attached hydrogens (primary N) is 1. The van der Waals surface area contributed by atoms with E-state index < -0.39 is 6.04 Å². The molecule has 0 radical (unpaired) electrons. The number of halogens is 1. The average Bonchev–Trinajstić information content (AvgIpc) is 2.12. The van der Waals surface area contributed by atoms with Gasteiger partial charge >= 0.3 is 0 Å². The number of carbonyl (C=O) groups is 1. The predicted molar refractivity (Wildman–Crippen MR) is 55.8 cm³/mol. The van der Waals surface area contributed by atoms with E-state index in [4.69, 9.17) is 17.3 Å². The van der Waals surface area contributed by atoms with Crippen molar-refractivity contribution in [1.29, 1.82) is 0 Å². The van der Waals surface area contributed by atoms with Gasteiger partial charge in [0, 0.05) is 5.56 Å². The lowest BCUT2D eigenvalue weighted by Crippen LogP contribution is -2.26. The van der Waals surface area contributed by atoms with Gasteiger partial charge in [-0.2, -0.15) is 0 Å². The molecule has 1 atom stereocenters. The highest BCUT2D eigenvalue weighted by molar-refractivity contribution is 6.32. The molecule has 0 fully saturated rings. The fraction of sp³-hybridized carbons (Fsp3) is 0.300. The lowest BCUT2D eigenvalue weighted by molar-refractivity contribution is 0.0968. The highest BCUT2D eigenvalue weighted by atomic mass is 35.5. The first-order valence-corrected chi connectivity index (χ1v) is 4.60. The van der Waals surface area contributed by atoms with Gasteiger partial charge in [-0.3, -0.25) is 4.79 Å². The maximum atomic E-state index is 11.5. The number of aryl methyl sites for hydroxylation is 1. The summed E-state index contributed by atoms with van der Waals surface area (Å²) in [5, 5.41) is 9.55. The molecule has 1 aromatic rings. The average molecular weight is 214 g/mol. The zero-order chi connectivity index (χ0) is 10.9. The van der Waals surface area contributed by atoms with E-state index in [0.29, 0.717) is 11.1 Å². The Morgan fingerprint density at radius 3 is 2.57 bits per heavy atom. The Balaban J connectivity index is 3.19. The Morgan fingerprint density at radius 1 is 1.57 bits per heavy atom. The Bertz CT molecular complexity index is 351. The van der Waals surface area contributed by atoms with Crippen molar-refractivity contribution in [3.63, 3.8) is 0 Å². The minimum atomic E-state index is -0.560. The number of carbonyl (C=O) groups excluding carboxylic acids is 1. The molecule has 1 rings (SSSR count). The van der Waals surface area contributed by atoms with Gasteiger partial charge in [0.1, 0.15) is 5.75 Å². The topological polar surface area (TPSA) is 63.3 Å². The molecule has 0 spiro atoms. The van der Waals surface area contributed by atoms with Crippen molar-refractivity contribution < 1.29 is 9.90 Å². The van der Waals surface area contributed by atoms with Crippen LogP contribution in [0.4, 0.5) is 0 Å². The molecule has 4 heteroatoms. The summed E-state index contributed by atoms with van der Waals surface area (Å²) in [6, 6.07) is 2.44. The molecule has 0 heterocycles. The number of phenolic OH excluding ortho intramolecular Hbond substituents is 1. The van der Waals surface area contributed by atoms with Crippen LogP contribution in [0.25, 0.3) is 0 Å². The second-order valence-corrected chi connectivity index (χ2v) is 3.68. The molecule has 1 aromatic carbocycles. The molecule has 0 aliphatic heterocycles. The van der Waals surface area contributed by atoms with E-state index >= 15 is 0 Å². The first-order valence-electron chi connectivity index (χ1n) is 4.22. The molecular formula is C10H12ClNO2. The third-order valence-electron chi connectivity index (χ3n) is 1.95. The summed E-state index contributed by atoms with van der Waals surface area (Å²) in [7, 11) is 0. The number of hydrogen-bond acceptors (Lipinski definition) is 3. The van der Waals surface area contributed by atoms with Crippen LogP contribution >= 0.6 is 11.6 Å². The van der Waals surface area contributed by atoms with Crippen LogP contribution in [0, 0.1) is 6.92 Å². The third kappa shape index (κ3) is 2.05. The van der Waals surface area contributed by atoms with Gasteiger partial charge in [0.05, 0.1) is 11.1 Å². The summed E-state index contributed by atoms with van der Waals surface area (Å²) >= 11 is 5.72. The molecule has 3 N–H and O–H groups in total. The summed E-state index contributed by atoms with van der Waals surface area (Å²) in [4.78, 5) is 11.5. The van der Waals surface area contributed by atoms with Crippen molar-refractivity contribution in [2.45, 2.75) is 19.9 Å². The van der Waals surface area contributed by atoms with E-state index in [1.165, 1.54) is 6.07 Å². The zero-order valence-corrected chi connectivity index (χ0v) is 8.80. The number of ketones is 1. The summed E-state index contributed by atoms with van der Waals surface area (Å²) in [6.07, 6.45) is 0. The molecule has 0 saturated carbocycles. The number of benzene rings is 1. The van der Waals surface area contributed by atoms with Crippen LogP contribution < -0.4 is 5.73 Å². The molecule has 14 heavy (non-hydrogen) atoms. The van der Waals surface area contributed by atoms with Crippen LogP contribution in [0.2, 0.25) is 5.02 Å². The molecule has 3 nitrogen and oxygen atoms in total. The molecule has 0 amide bonds. The molecule has 1 unspecified atom stereocenters. The van der Waals surface area contributed by atoms with Crippen LogP contribution in [-0.4, -0.2) is 16.9 Å². The fourth-order valence-corrected chi connectivity index (χ4v) is 1.41. The summed E-state index contributed by atoms with van der Waals surface area (Å²) in [6.45, 7) is 3.29. The molecule has 0 aliphatic carbocycles. The van der Waals surface area contributed by atoms with Gasteiger partial charge in [-0.1, -0.05) is 11.6 Å². The summed E-state index contributed by atoms with van der Waals surface area (Å²) in [5.74, 6) is -0.178. The standard InChI is InChI=1S/C10H12ClNO2/c1-5-3-7(10(14)6(2)12)4-8(11)9(5)13/h3-4,6,13H,12H2,1-2H3. The van der Waals surface area contributed by atoms with Gasteiger partial charge in [0.2, 0.25) is 0 Å². The van der Waals surface area contributed by atoms with E-state index in [0.717, 1.165) is 0 Å². The van der Waals surface area contributed by atoms with Gasteiger partial charge in [0.15, 0.2) is 5.78 Å². The van der Waals surface area contributed by atoms with Crippen LogP contribution in [0.5, 0.6) is 5.75 Å². The predicted octanol–water partition coefficient (Wildman–Crippen LogP) is 1.88. The number of aromatic hydroxyl groups is 1. The Labute approximate surface area is 87.5 Å². The zero-order valence-electron chi connectivity index (χ0n) is 8.04. The van der Waals surface area contributed by atoms with E-state index in [-0.39, 0.29) is 16.6 Å². The SMILES string of the molecule is Cc1cc(C(=O)C(C)N)cc(Cl)c1O. The molecule has 0 bridgehead atoms. The van der Waals surface area contributed by atoms with E-state index in [9.17, 15) is 9.90 Å². The van der Waals surface area contributed by atoms with Crippen LogP contribution in [0.1, 0.15) is 22.8 Å². The highest BCUT2D eigenvalue weighted by Gasteiger charge is 2.14. The Kier molecular flexibility index (Phi) is 3.13. The lowest BCUT2D eigenvalue weighted by Gasteiger charge is -2.07. The third-order valence-corrected chi connectivity index (χ3v) is 2.24. The van der Waals surface area contributed by atoms with Crippen LogP contribution in [0.3, 0.4) is 0 Å². The maximum Gasteiger partial charge on any atom is 0.179 e. The number of phenols is 1. The van der Waals surface area contributed by atoms with Crippen molar-refractivity contribution in [3.8, 4) is 5.75 Å². The van der Waals surface area contributed by atoms with Gasteiger partial charge in [-0.25, -0.2) is 0 Å². The Morgan fingerprint density at radius 2 is 2.14 bits per heavy atom. The van der Waals surface area contributed by atoms with Gasteiger partial charge in [0.25, 0.3) is 0 Å². The van der Waals surface area contributed by atoms with E-state index in [2.05, 4.69) is 0 Å². The van der Waals surface area contributed by atoms with Crippen molar-refractivity contribution in [2.24, 2.45) is 5.73 Å².